The molecule has 1 aromatic carbocycles. The van der Waals surface area contributed by atoms with Crippen molar-refractivity contribution in [3.05, 3.63) is 36.5 Å². The fraction of sp³-hybridized carbons (Fsp3) is 0. The topological polar surface area (TPSA) is 30.9 Å². The van der Waals surface area contributed by atoms with E-state index in [1.807, 2.05) is 36.5 Å². The number of halogens is 2. The van der Waals surface area contributed by atoms with E-state index in [1.54, 1.807) is 4.68 Å². The van der Waals surface area contributed by atoms with Gasteiger partial charge in [-0.2, -0.15) is 0 Å². The number of para-hydroxylation sites is 1. The van der Waals surface area contributed by atoms with Crippen molar-refractivity contribution in [3.63, 3.8) is 0 Å². The van der Waals surface area contributed by atoms with Crippen LogP contribution in [-0.2, 0) is 0 Å². The summed E-state index contributed by atoms with van der Waals surface area (Å²) in [6.07, 6.45) is 1.85. The second-order valence-electron chi connectivity index (χ2n) is 2.28. The lowest BCUT2D eigenvalue weighted by atomic mass is 10.3. The smallest absolute Gasteiger partial charge is 0.0690 e. The van der Waals surface area contributed by atoms with E-state index in [9.17, 15) is 0 Å². The second kappa shape index (κ2) is 4.24. The van der Waals surface area contributed by atoms with Gasteiger partial charge in [-0.1, -0.05) is 18.2 Å². The van der Waals surface area contributed by atoms with E-state index in [0.717, 1.165) is 5.52 Å². The van der Waals surface area contributed by atoms with Gasteiger partial charge < -0.3 is 5.84 Å². The number of hydrogen-bond donors (Lipinski definition) is 1. The molecule has 0 saturated carbocycles. The molecule has 0 radical (unpaired) electrons. The van der Waals surface area contributed by atoms with E-state index in [0.29, 0.717) is 0 Å². The lowest BCUT2D eigenvalue weighted by molar-refractivity contribution is 1.07. The average molecular weight is 205 g/mol. The number of hydrogen-bond acceptors (Lipinski definition) is 1. The summed E-state index contributed by atoms with van der Waals surface area (Å²) >= 11 is 0. The molecule has 0 atom stereocenters. The van der Waals surface area contributed by atoms with Gasteiger partial charge in [-0.25, -0.2) is 0 Å². The summed E-state index contributed by atoms with van der Waals surface area (Å²) < 4.78 is 1.62. The zero-order chi connectivity index (χ0) is 6.97. The number of benzene rings is 1. The third-order valence-corrected chi connectivity index (χ3v) is 1.63. The summed E-state index contributed by atoms with van der Waals surface area (Å²) in [5.41, 5.74) is 1.07. The highest BCUT2D eigenvalue weighted by Gasteiger charge is 1.92. The minimum Gasteiger partial charge on any atom is -0.339 e. The molecule has 0 bridgehead atoms. The van der Waals surface area contributed by atoms with Crippen molar-refractivity contribution < 1.29 is 0 Å². The molecule has 0 spiro atoms. The molecule has 0 unspecified atom stereocenters. The van der Waals surface area contributed by atoms with Crippen molar-refractivity contribution >= 4 is 35.7 Å². The van der Waals surface area contributed by atoms with Crippen LogP contribution in [0.4, 0.5) is 0 Å². The summed E-state index contributed by atoms with van der Waals surface area (Å²) in [5.74, 6) is 5.59. The Balaban J connectivity index is 0.000000605. The molecular weight excluding hydrogens is 195 g/mol. The Bertz CT molecular complexity index is 357. The van der Waals surface area contributed by atoms with E-state index in [4.69, 9.17) is 5.84 Å². The number of nitrogens with zero attached hydrogens (tertiary/aromatic N) is 1. The van der Waals surface area contributed by atoms with Gasteiger partial charge in [0, 0.05) is 11.6 Å². The Hall–Kier alpha value is -0.860. The van der Waals surface area contributed by atoms with Gasteiger partial charge in [0.1, 0.15) is 0 Å². The third kappa shape index (κ3) is 1.65. The molecule has 1 aromatic heterocycles. The number of fused-ring (bicyclic) bond motifs is 1. The Morgan fingerprint density at radius 3 is 2.33 bits per heavy atom. The molecule has 0 fully saturated rings. The summed E-state index contributed by atoms with van der Waals surface area (Å²) in [7, 11) is 0. The van der Waals surface area contributed by atoms with Crippen molar-refractivity contribution in [1.82, 2.24) is 4.68 Å². The molecule has 0 aliphatic carbocycles. The van der Waals surface area contributed by atoms with Gasteiger partial charge in [0.25, 0.3) is 0 Å². The molecule has 2 rings (SSSR count). The van der Waals surface area contributed by atoms with E-state index in [-0.39, 0.29) is 24.8 Å². The van der Waals surface area contributed by atoms with Gasteiger partial charge in [-0.15, -0.1) is 24.8 Å². The Morgan fingerprint density at radius 2 is 1.67 bits per heavy atom. The SMILES string of the molecule is Cl.Cl.Nn1ccc2ccccc21. The molecule has 4 heteroatoms. The van der Waals surface area contributed by atoms with Crippen LogP contribution in [0.25, 0.3) is 10.9 Å². The normalized spacial score (nSPS) is 8.67. The van der Waals surface area contributed by atoms with Crippen LogP contribution in [0.5, 0.6) is 0 Å². The monoisotopic (exact) mass is 204 g/mol. The third-order valence-electron chi connectivity index (χ3n) is 1.63. The fourth-order valence-corrected chi connectivity index (χ4v) is 1.10. The van der Waals surface area contributed by atoms with Gasteiger partial charge in [0.2, 0.25) is 0 Å². The van der Waals surface area contributed by atoms with E-state index < -0.39 is 0 Å². The van der Waals surface area contributed by atoms with Crippen molar-refractivity contribution in [2.75, 3.05) is 5.84 Å². The number of nitrogens with two attached hydrogens (primary N) is 1. The van der Waals surface area contributed by atoms with Gasteiger partial charge in [0.15, 0.2) is 0 Å². The van der Waals surface area contributed by atoms with Crippen LogP contribution in [0.1, 0.15) is 0 Å². The quantitative estimate of drug-likeness (QED) is 0.656. The molecule has 2 nitrogen and oxygen atoms in total. The molecule has 0 aliphatic rings. The first-order valence-corrected chi connectivity index (χ1v) is 3.19. The van der Waals surface area contributed by atoms with E-state index in [2.05, 4.69) is 0 Å². The molecule has 2 aromatic rings. The van der Waals surface area contributed by atoms with E-state index >= 15 is 0 Å². The van der Waals surface area contributed by atoms with Gasteiger partial charge in [-0.05, 0) is 12.1 Å². The number of nitrogen functional groups attached to an aromatic ring is 1. The van der Waals surface area contributed by atoms with Crippen LogP contribution in [0, 0.1) is 0 Å². The molecule has 1 heterocycles. The lowest BCUT2D eigenvalue weighted by Crippen LogP contribution is -2.04. The van der Waals surface area contributed by atoms with Gasteiger partial charge in [-0.3, -0.25) is 4.68 Å². The molecule has 2 N–H and O–H groups in total. The average Bonchev–Trinajstić information content (AvgIpc) is 2.34. The van der Waals surface area contributed by atoms with Gasteiger partial charge >= 0.3 is 0 Å². The maximum absolute atomic E-state index is 5.59. The lowest BCUT2D eigenvalue weighted by Gasteiger charge is -1.92. The Labute approximate surface area is 83.1 Å². The predicted molar refractivity (Wildman–Crippen MR) is 56.6 cm³/mol. The van der Waals surface area contributed by atoms with E-state index in [1.165, 1.54) is 5.39 Å². The molecular formula is C8H10Cl2N2. The largest absolute Gasteiger partial charge is 0.339 e. The number of rotatable bonds is 0. The first-order chi connectivity index (χ1) is 4.88. The minimum atomic E-state index is 0. The van der Waals surface area contributed by atoms with Gasteiger partial charge in [0.05, 0.1) is 5.52 Å². The van der Waals surface area contributed by atoms with Crippen LogP contribution in [-0.4, -0.2) is 4.68 Å². The summed E-state index contributed by atoms with van der Waals surface area (Å²) in [4.78, 5) is 0. The Kier molecular flexibility index (Phi) is 3.93. The number of aromatic nitrogens is 1. The molecule has 0 amide bonds. The second-order valence-corrected chi connectivity index (χ2v) is 2.28. The van der Waals surface area contributed by atoms with Crippen molar-refractivity contribution in [3.8, 4) is 0 Å². The van der Waals surface area contributed by atoms with Crippen LogP contribution < -0.4 is 5.84 Å². The first-order valence-electron chi connectivity index (χ1n) is 3.19. The standard InChI is InChI=1S/C8H8N2.2ClH/c9-10-6-5-7-3-1-2-4-8(7)10;;/h1-6H,9H2;2*1H. The molecule has 0 aliphatic heterocycles. The Morgan fingerprint density at radius 1 is 1.00 bits per heavy atom. The zero-order valence-corrected chi connectivity index (χ0v) is 7.94. The maximum Gasteiger partial charge on any atom is 0.0690 e. The summed E-state index contributed by atoms with van der Waals surface area (Å²) in [6, 6.07) is 10.0. The highest BCUT2D eigenvalue weighted by atomic mass is 35.5. The highest BCUT2D eigenvalue weighted by Crippen LogP contribution is 2.11. The van der Waals surface area contributed by atoms with Crippen molar-refractivity contribution in [1.29, 1.82) is 0 Å². The fourth-order valence-electron chi connectivity index (χ4n) is 1.10. The molecule has 66 valence electrons. The summed E-state index contributed by atoms with van der Waals surface area (Å²) in [6.45, 7) is 0. The summed E-state index contributed by atoms with van der Waals surface area (Å²) in [5, 5.41) is 1.19. The molecule has 12 heavy (non-hydrogen) atoms. The van der Waals surface area contributed by atoms with Crippen LogP contribution in [0.15, 0.2) is 36.5 Å². The first kappa shape index (κ1) is 11.1. The van der Waals surface area contributed by atoms with Crippen LogP contribution in [0.3, 0.4) is 0 Å². The molecule has 0 saturated heterocycles. The van der Waals surface area contributed by atoms with Crippen LogP contribution in [0.2, 0.25) is 0 Å². The minimum absolute atomic E-state index is 0. The zero-order valence-electron chi connectivity index (χ0n) is 6.31. The predicted octanol–water partition coefficient (Wildman–Crippen LogP) is 2.20. The highest BCUT2D eigenvalue weighted by molar-refractivity contribution is 5.85. The van der Waals surface area contributed by atoms with Crippen molar-refractivity contribution in [2.45, 2.75) is 0 Å². The maximum atomic E-state index is 5.59. The van der Waals surface area contributed by atoms with Crippen molar-refractivity contribution in [2.24, 2.45) is 0 Å². The van der Waals surface area contributed by atoms with Crippen LogP contribution >= 0.6 is 24.8 Å².